The Morgan fingerprint density at radius 2 is 1.44 bits per heavy atom. The predicted octanol–water partition coefficient (Wildman–Crippen LogP) is 0.461. The first-order chi connectivity index (χ1) is 4.01. The molecule has 9 heavy (non-hydrogen) atoms. The number of hydrogen-bond acceptors (Lipinski definition) is 2. The summed E-state index contributed by atoms with van der Waals surface area (Å²) in [5, 5.41) is 0. The van der Waals surface area contributed by atoms with Gasteiger partial charge < -0.3 is 11.5 Å². The third-order valence-electron chi connectivity index (χ3n) is 2.13. The van der Waals surface area contributed by atoms with Gasteiger partial charge in [0, 0.05) is 12.1 Å². The highest BCUT2D eigenvalue weighted by molar-refractivity contribution is 4.93. The Labute approximate surface area is 56.6 Å². The molecule has 0 aromatic heterocycles. The molecule has 2 heteroatoms. The highest BCUT2D eigenvalue weighted by Gasteiger charge is 2.34. The first-order valence-electron chi connectivity index (χ1n) is 3.52. The third-order valence-corrected chi connectivity index (χ3v) is 2.13. The maximum Gasteiger partial charge on any atom is 0.0197 e. The summed E-state index contributed by atoms with van der Waals surface area (Å²) < 4.78 is 0. The maximum absolute atomic E-state index is 5.73. The second-order valence-electron chi connectivity index (χ2n) is 3.90. The Balaban J connectivity index is 2.54. The van der Waals surface area contributed by atoms with Crippen LogP contribution < -0.4 is 11.5 Å². The molecule has 2 atom stereocenters. The number of nitrogens with two attached hydrogens (primary N) is 2. The normalized spacial score (nSPS) is 41.3. The molecular formula is C7H16N2. The average molecular weight is 128 g/mol. The van der Waals surface area contributed by atoms with Gasteiger partial charge in [-0.3, -0.25) is 0 Å². The summed E-state index contributed by atoms with van der Waals surface area (Å²) in [6, 6.07) is 0.472. The molecule has 2 unspecified atom stereocenters. The lowest BCUT2D eigenvalue weighted by Gasteiger charge is -2.14. The summed E-state index contributed by atoms with van der Waals surface area (Å²) in [7, 11) is 0. The van der Waals surface area contributed by atoms with Gasteiger partial charge in [-0.2, -0.15) is 0 Å². The zero-order valence-corrected chi connectivity index (χ0v) is 6.22. The first kappa shape index (κ1) is 7.03. The van der Waals surface area contributed by atoms with E-state index in [1.807, 2.05) is 0 Å². The van der Waals surface area contributed by atoms with E-state index in [1.165, 1.54) is 0 Å². The van der Waals surface area contributed by atoms with E-state index < -0.39 is 0 Å². The van der Waals surface area contributed by atoms with Crippen LogP contribution in [-0.4, -0.2) is 12.1 Å². The van der Waals surface area contributed by atoms with Gasteiger partial charge in [0.2, 0.25) is 0 Å². The Hall–Kier alpha value is -0.0800. The van der Waals surface area contributed by atoms with Gasteiger partial charge in [0.05, 0.1) is 0 Å². The molecule has 0 saturated heterocycles. The molecule has 0 amide bonds. The van der Waals surface area contributed by atoms with Crippen LogP contribution in [0.5, 0.6) is 0 Å². The summed E-state index contributed by atoms with van der Waals surface area (Å²) >= 11 is 0. The topological polar surface area (TPSA) is 52.0 Å². The molecule has 54 valence electrons. The minimum atomic E-state index is 0.236. The lowest BCUT2D eigenvalue weighted by atomic mass is 9.91. The van der Waals surface area contributed by atoms with Crippen LogP contribution >= 0.6 is 0 Å². The fourth-order valence-electron chi connectivity index (χ4n) is 1.66. The summed E-state index contributed by atoms with van der Waals surface area (Å²) in [5.41, 5.74) is 11.8. The minimum Gasteiger partial charge on any atom is -0.326 e. The molecule has 4 N–H and O–H groups in total. The molecule has 2 nitrogen and oxygen atoms in total. The Morgan fingerprint density at radius 1 is 1.11 bits per heavy atom. The largest absolute Gasteiger partial charge is 0.326 e. The minimum absolute atomic E-state index is 0.236. The fourth-order valence-corrected chi connectivity index (χ4v) is 1.66. The highest BCUT2D eigenvalue weighted by atomic mass is 14.8. The summed E-state index contributed by atoms with van der Waals surface area (Å²) in [6.45, 7) is 4.44. The standard InChI is InChI=1S/C7H16N2/c1-7(2)3-5(8)6(9)4-7/h5-6H,3-4,8-9H2,1-2H3. The molecule has 1 aliphatic carbocycles. The van der Waals surface area contributed by atoms with Gasteiger partial charge in [-0.25, -0.2) is 0 Å². The van der Waals surface area contributed by atoms with Crippen LogP contribution in [0.1, 0.15) is 26.7 Å². The lowest BCUT2D eigenvalue weighted by Crippen LogP contribution is -2.35. The third kappa shape index (κ3) is 1.43. The quantitative estimate of drug-likeness (QED) is 0.498. The predicted molar refractivity (Wildman–Crippen MR) is 39.0 cm³/mol. The molecule has 0 aromatic carbocycles. The van der Waals surface area contributed by atoms with Crippen molar-refractivity contribution in [1.29, 1.82) is 0 Å². The van der Waals surface area contributed by atoms with Gasteiger partial charge in [-0.05, 0) is 18.3 Å². The van der Waals surface area contributed by atoms with Crippen LogP contribution in [0.2, 0.25) is 0 Å². The van der Waals surface area contributed by atoms with E-state index in [9.17, 15) is 0 Å². The van der Waals surface area contributed by atoms with Crippen molar-refractivity contribution in [3.63, 3.8) is 0 Å². The summed E-state index contributed by atoms with van der Waals surface area (Å²) in [4.78, 5) is 0. The van der Waals surface area contributed by atoms with E-state index >= 15 is 0 Å². The van der Waals surface area contributed by atoms with Gasteiger partial charge in [-0.15, -0.1) is 0 Å². The van der Waals surface area contributed by atoms with Crippen molar-refractivity contribution >= 4 is 0 Å². The zero-order valence-electron chi connectivity index (χ0n) is 6.22. The Kier molecular flexibility index (Phi) is 1.53. The second kappa shape index (κ2) is 1.96. The van der Waals surface area contributed by atoms with Gasteiger partial charge in [0.1, 0.15) is 0 Å². The van der Waals surface area contributed by atoms with E-state index in [4.69, 9.17) is 11.5 Å². The monoisotopic (exact) mass is 128 g/mol. The number of hydrogen-bond donors (Lipinski definition) is 2. The van der Waals surface area contributed by atoms with Crippen molar-refractivity contribution in [2.75, 3.05) is 0 Å². The van der Waals surface area contributed by atoms with Gasteiger partial charge >= 0.3 is 0 Å². The van der Waals surface area contributed by atoms with Gasteiger partial charge in [0.25, 0.3) is 0 Å². The molecule has 0 aliphatic heterocycles. The van der Waals surface area contributed by atoms with Crippen molar-refractivity contribution in [3.05, 3.63) is 0 Å². The average Bonchev–Trinajstić information content (AvgIpc) is 1.79. The molecule has 0 spiro atoms. The van der Waals surface area contributed by atoms with Crippen LogP contribution in [0, 0.1) is 5.41 Å². The van der Waals surface area contributed by atoms with Crippen molar-refractivity contribution in [1.82, 2.24) is 0 Å². The van der Waals surface area contributed by atoms with Crippen molar-refractivity contribution in [2.24, 2.45) is 16.9 Å². The van der Waals surface area contributed by atoms with Crippen LogP contribution in [0.15, 0.2) is 0 Å². The van der Waals surface area contributed by atoms with Crippen molar-refractivity contribution < 1.29 is 0 Å². The smallest absolute Gasteiger partial charge is 0.0197 e. The molecule has 0 aromatic rings. The van der Waals surface area contributed by atoms with E-state index in [2.05, 4.69) is 13.8 Å². The van der Waals surface area contributed by atoms with Crippen LogP contribution in [0.25, 0.3) is 0 Å². The van der Waals surface area contributed by atoms with Crippen molar-refractivity contribution in [3.8, 4) is 0 Å². The lowest BCUT2D eigenvalue weighted by molar-refractivity contribution is 0.372. The van der Waals surface area contributed by atoms with Crippen molar-refractivity contribution in [2.45, 2.75) is 38.8 Å². The number of rotatable bonds is 0. The van der Waals surface area contributed by atoms with E-state index in [-0.39, 0.29) is 12.1 Å². The fraction of sp³-hybridized carbons (Fsp3) is 1.00. The Bertz CT molecular complexity index is 97.5. The molecule has 1 fully saturated rings. The van der Waals surface area contributed by atoms with E-state index in [0.29, 0.717) is 5.41 Å². The van der Waals surface area contributed by atoms with Crippen LogP contribution in [-0.2, 0) is 0 Å². The first-order valence-corrected chi connectivity index (χ1v) is 3.52. The highest BCUT2D eigenvalue weighted by Crippen LogP contribution is 2.35. The van der Waals surface area contributed by atoms with Crippen LogP contribution in [0.4, 0.5) is 0 Å². The second-order valence-corrected chi connectivity index (χ2v) is 3.90. The molecule has 1 rings (SSSR count). The molecule has 0 heterocycles. The van der Waals surface area contributed by atoms with E-state index in [0.717, 1.165) is 12.8 Å². The van der Waals surface area contributed by atoms with Crippen LogP contribution in [0.3, 0.4) is 0 Å². The molecule has 1 saturated carbocycles. The zero-order chi connectivity index (χ0) is 7.07. The Morgan fingerprint density at radius 3 is 1.56 bits per heavy atom. The molecular weight excluding hydrogens is 112 g/mol. The molecule has 0 radical (unpaired) electrons. The molecule has 0 bridgehead atoms. The SMILES string of the molecule is CC1(C)CC(N)C(N)C1. The summed E-state index contributed by atoms with van der Waals surface area (Å²) in [6.07, 6.45) is 2.16. The summed E-state index contributed by atoms with van der Waals surface area (Å²) in [5.74, 6) is 0. The van der Waals surface area contributed by atoms with Gasteiger partial charge in [-0.1, -0.05) is 13.8 Å². The maximum atomic E-state index is 5.73. The van der Waals surface area contributed by atoms with E-state index in [1.54, 1.807) is 0 Å². The molecule has 1 aliphatic rings. The van der Waals surface area contributed by atoms with Gasteiger partial charge in [0.15, 0.2) is 0 Å².